The maximum Gasteiger partial charge on any atom is 0.264 e. The molecule has 126 valence electrons. The zero-order chi connectivity index (χ0) is 17.3. The highest BCUT2D eigenvalue weighted by Crippen LogP contribution is 2.36. The fourth-order valence-corrected chi connectivity index (χ4v) is 3.43. The molecule has 0 amide bonds. The Morgan fingerprint density at radius 1 is 1.43 bits per heavy atom. The third kappa shape index (κ3) is 4.42. The van der Waals surface area contributed by atoms with E-state index in [9.17, 15) is 13.5 Å². The lowest BCUT2D eigenvalue weighted by molar-refractivity contribution is -0.0710. The summed E-state index contributed by atoms with van der Waals surface area (Å²) in [4.78, 5) is 3.80. The Kier molecular flexibility index (Phi) is 5.32. The van der Waals surface area contributed by atoms with Crippen LogP contribution in [0.15, 0.2) is 30.9 Å². The monoisotopic (exact) mass is 379 g/mol. The smallest absolute Gasteiger partial charge is 0.264 e. The third-order valence-corrected chi connectivity index (χ3v) is 4.44. The first-order valence-electron chi connectivity index (χ1n) is 6.50. The number of benzene rings is 1. The lowest BCUT2D eigenvalue weighted by atomic mass is 9.88. The molecule has 0 aliphatic carbocycles. The number of hydrogen-bond acceptors (Lipinski definition) is 6. The van der Waals surface area contributed by atoms with Crippen LogP contribution in [0.2, 0.25) is 10.0 Å². The standard InChI is InChI=1S/C13H15Cl2N3O4S/c1-9(22-23(2,20)21)13(19,6-18-8-16-7-17-18)11-4-3-10(14)5-12(11)15/h3-5,7-9,19H,6H2,1-2H3/t9-,13?/m1/s1. The van der Waals surface area contributed by atoms with Gasteiger partial charge in [-0.25, -0.2) is 9.67 Å². The van der Waals surface area contributed by atoms with E-state index in [1.165, 1.54) is 36.4 Å². The van der Waals surface area contributed by atoms with Gasteiger partial charge in [0.1, 0.15) is 24.4 Å². The van der Waals surface area contributed by atoms with Gasteiger partial charge in [0.25, 0.3) is 10.1 Å². The minimum Gasteiger partial charge on any atom is -0.380 e. The van der Waals surface area contributed by atoms with Gasteiger partial charge in [-0.05, 0) is 19.1 Å². The minimum absolute atomic E-state index is 0.106. The van der Waals surface area contributed by atoms with Crippen molar-refractivity contribution in [3.63, 3.8) is 0 Å². The quantitative estimate of drug-likeness (QED) is 0.769. The Morgan fingerprint density at radius 2 is 2.13 bits per heavy atom. The first-order chi connectivity index (χ1) is 10.6. The van der Waals surface area contributed by atoms with E-state index in [1.807, 2.05) is 0 Å². The topological polar surface area (TPSA) is 94.3 Å². The SMILES string of the molecule is C[C@@H](OS(C)(=O)=O)C(O)(Cn1cncn1)c1ccc(Cl)cc1Cl. The van der Waals surface area contributed by atoms with Crippen LogP contribution in [0.4, 0.5) is 0 Å². The highest BCUT2D eigenvalue weighted by atomic mass is 35.5. The first kappa shape index (κ1) is 18.2. The Balaban J connectivity index is 2.49. The highest BCUT2D eigenvalue weighted by Gasteiger charge is 2.41. The largest absolute Gasteiger partial charge is 0.380 e. The van der Waals surface area contributed by atoms with E-state index in [0.29, 0.717) is 5.02 Å². The molecule has 1 heterocycles. The van der Waals surface area contributed by atoms with Crippen LogP contribution in [0.1, 0.15) is 12.5 Å². The molecule has 0 spiro atoms. The van der Waals surface area contributed by atoms with Crippen molar-refractivity contribution in [3.8, 4) is 0 Å². The molecule has 1 aromatic carbocycles. The average molecular weight is 380 g/mol. The lowest BCUT2D eigenvalue weighted by Gasteiger charge is -2.34. The van der Waals surface area contributed by atoms with Crippen molar-refractivity contribution >= 4 is 33.3 Å². The summed E-state index contributed by atoms with van der Waals surface area (Å²) >= 11 is 12.0. The van der Waals surface area contributed by atoms with Crippen LogP contribution in [0.3, 0.4) is 0 Å². The summed E-state index contributed by atoms with van der Waals surface area (Å²) in [5, 5.41) is 15.6. The van der Waals surface area contributed by atoms with Gasteiger partial charge in [0, 0.05) is 15.6 Å². The number of rotatable bonds is 6. The first-order valence-corrected chi connectivity index (χ1v) is 9.07. The summed E-state index contributed by atoms with van der Waals surface area (Å²) in [7, 11) is -3.79. The molecule has 7 nitrogen and oxygen atoms in total. The van der Waals surface area contributed by atoms with E-state index >= 15 is 0 Å². The van der Waals surface area contributed by atoms with Crippen LogP contribution in [0.5, 0.6) is 0 Å². The van der Waals surface area contributed by atoms with Crippen molar-refractivity contribution in [1.29, 1.82) is 0 Å². The second-order valence-electron chi connectivity index (χ2n) is 5.08. The van der Waals surface area contributed by atoms with Gasteiger partial charge in [-0.15, -0.1) is 0 Å². The van der Waals surface area contributed by atoms with Gasteiger partial charge in [-0.2, -0.15) is 13.5 Å². The van der Waals surface area contributed by atoms with Crippen LogP contribution in [-0.2, 0) is 26.4 Å². The molecule has 0 saturated carbocycles. The summed E-state index contributed by atoms with van der Waals surface area (Å²) in [6.45, 7) is 1.33. The molecule has 0 aliphatic heterocycles. The molecule has 23 heavy (non-hydrogen) atoms. The van der Waals surface area contributed by atoms with Crippen molar-refractivity contribution in [2.45, 2.75) is 25.2 Å². The molecule has 0 radical (unpaired) electrons. The van der Waals surface area contributed by atoms with Crippen molar-refractivity contribution < 1.29 is 17.7 Å². The Bertz CT molecular complexity index is 783. The van der Waals surface area contributed by atoms with E-state index < -0.39 is 21.8 Å². The predicted molar refractivity (Wildman–Crippen MR) is 85.8 cm³/mol. The zero-order valence-electron chi connectivity index (χ0n) is 12.3. The van der Waals surface area contributed by atoms with Gasteiger partial charge < -0.3 is 5.11 Å². The van der Waals surface area contributed by atoms with Crippen LogP contribution < -0.4 is 0 Å². The Hall–Kier alpha value is -1.19. The van der Waals surface area contributed by atoms with E-state index in [0.717, 1.165) is 6.26 Å². The van der Waals surface area contributed by atoms with Crippen LogP contribution in [0, 0.1) is 0 Å². The normalized spacial score (nSPS) is 16.0. The molecule has 1 N–H and O–H groups in total. The van der Waals surface area contributed by atoms with E-state index in [-0.39, 0.29) is 17.1 Å². The zero-order valence-corrected chi connectivity index (χ0v) is 14.7. The summed E-state index contributed by atoms with van der Waals surface area (Å²) in [6.07, 6.45) is 2.47. The van der Waals surface area contributed by atoms with E-state index in [1.54, 1.807) is 6.07 Å². The minimum atomic E-state index is -3.79. The van der Waals surface area contributed by atoms with Crippen molar-refractivity contribution in [1.82, 2.24) is 14.8 Å². The highest BCUT2D eigenvalue weighted by molar-refractivity contribution is 7.86. The Morgan fingerprint density at radius 3 is 2.65 bits per heavy atom. The van der Waals surface area contributed by atoms with E-state index in [2.05, 4.69) is 10.1 Å². The molecule has 2 rings (SSSR count). The van der Waals surface area contributed by atoms with Gasteiger partial charge in [-0.3, -0.25) is 4.18 Å². The van der Waals surface area contributed by atoms with Crippen molar-refractivity contribution in [2.75, 3.05) is 6.26 Å². The molecule has 10 heteroatoms. The summed E-state index contributed by atoms with van der Waals surface area (Å²) < 4.78 is 29.2. The molecule has 0 fully saturated rings. The van der Waals surface area contributed by atoms with Gasteiger partial charge in [0.15, 0.2) is 0 Å². The second-order valence-corrected chi connectivity index (χ2v) is 7.53. The number of aromatic nitrogens is 3. The average Bonchev–Trinajstić information content (AvgIpc) is 2.88. The molecule has 1 unspecified atom stereocenters. The molecule has 2 atom stereocenters. The van der Waals surface area contributed by atoms with Crippen LogP contribution in [-0.4, -0.2) is 40.6 Å². The fraction of sp³-hybridized carbons (Fsp3) is 0.385. The maximum atomic E-state index is 11.4. The second kappa shape index (κ2) is 6.74. The maximum absolute atomic E-state index is 11.4. The van der Waals surface area contributed by atoms with Crippen LogP contribution in [0.25, 0.3) is 0 Å². The van der Waals surface area contributed by atoms with Crippen molar-refractivity contribution in [2.24, 2.45) is 0 Å². The lowest BCUT2D eigenvalue weighted by Crippen LogP contribution is -2.44. The number of halogens is 2. The Labute approximate surface area is 143 Å². The van der Waals surface area contributed by atoms with Gasteiger partial charge in [-0.1, -0.05) is 29.3 Å². The molecular formula is C13H15Cl2N3O4S. The van der Waals surface area contributed by atoms with Gasteiger partial charge >= 0.3 is 0 Å². The number of hydrogen-bond donors (Lipinski definition) is 1. The molecule has 1 aromatic heterocycles. The van der Waals surface area contributed by atoms with Crippen LogP contribution >= 0.6 is 23.2 Å². The number of nitrogens with zero attached hydrogens (tertiary/aromatic N) is 3. The summed E-state index contributed by atoms with van der Waals surface area (Å²) in [5.74, 6) is 0. The van der Waals surface area contributed by atoms with Gasteiger partial charge in [0.2, 0.25) is 0 Å². The molecular weight excluding hydrogens is 365 g/mol. The van der Waals surface area contributed by atoms with Gasteiger partial charge in [0.05, 0.1) is 12.8 Å². The molecule has 0 saturated heterocycles. The van der Waals surface area contributed by atoms with E-state index in [4.69, 9.17) is 27.4 Å². The summed E-state index contributed by atoms with van der Waals surface area (Å²) in [6, 6.07) is 4.52. The number of aliphatic hydroxyl groups is 1. The molecule has 0 aliphatic rings. The predicted octanol–water partition coefficient (Wildman–Crippen LogP) is 1.84. The van der Waals surface area contributed by atoms with Crippen molar-refractivity contribution in [3.05, 3.63) is 46.5 Å². The summed E-state index contributed by atoms with van der Waals surface area (Å²) in [5.41, 5.74) is -1.49. The fourth-order valence-electron chi connectivity index (χ4n) is 2.18. The molecule has 2 aromatic rings. The third-order valence-electron chi connectivity index (χ3n) is 3.26. The molecule has 0 bridgehead atoms.